The van der Waals surface area contributed by atoms with Crippen molar-refractivity contribution in [3.63, 3.8) is 0 Å². The van der Waals surface area contributed by atoms with Gasteiger partial charge in [-0.05, 0) is 127 Å². The first kappa shape index (κ1) is 31.8. The van der Waals surface area contributed by atoms with Gasteiger partial charge in [0.05, 0.1) is 13.3 Å². The van der Waals surface area contributed by atoms with Gasteiger partial charge in [-0.2, -0.15) is 5.10 Å². The van der Waals surface area contributed by atoms with E-state index in [1.165, 1.54) is 77.7 Å². The lowest BCUT2D eigenvalue weighted by Gasteiger charge is -2.24. The van der Waals surface area contributed by atoms with Gasteiger partial charge in [0.1, 0.15) is 10.8 Å². The molecule has 1 saturated carbocycles. The van der Waals surface area contributed by atoms with Crippen LogP contribution in [0, 0.1) is 19.8 Å². The Morgan fingerprint density at radius 2 is 1.84 bits per heavy atom. The van der Waals surface area contributed by atoms with Gasteiger partial charge < -0.3 is 20.3 Å². The molecule has 2 aliphatic heterocycles. The summed E-state index contributed by atoms with van der Waals surface area (Å²) >= 11 is 5.89. The monoisotopic (exact) mass is 549 g/mol. The van der Waals surface area contributed by atoms with Gasteiger partial charge in [-0.25, -0.2) is 0 Å². The Morgan fingerprint density at radius 1 is 1.19 bits per heavy atom. The average molecular weight is 550 g/mol. The molecule has 3 fully saturated rings. The maximum Gasteiger partial charge on any atom is 0.162 e. The highest BCUT2D eigenvalue weighted by molar-refractivity contribution is 8.13. The molecule has 1 aromatic carbocycles. The number of methoxy groups -OCH3 is 1. The van der Waals surface area contributed by atoms with Gasteiger partial charge >= 0.3 is 0 Å². The summed E-state index contributed by atoms with van der Waals surface area (Å²) in [6, 6.07) is 4.64. The molecule has 1 aliphatic carbocycles. The summed E-state index contributed by atoms with van der Waals surface area (Å²) in [5.41, 5.74) is 2.32. The predicted molar refractivity (Wildman–Crippen MR) is 162 cm³/mol. The van der Waals surface area contributed by atoms with Crippen LogP contribution in [0.25, 0.3) is 0 Å². The van der Waals surface area contributed by atoms with Gasteiger partial charge in [-0.1, -0.05) is 0 Å². The maximum absolute atomic E-state index is 9.91. The van der Waals surface area contributed by atoms with Crippen molar-refractivity contribution >= 4 is 41.9 Å². The molecule has 0 aromatic heterocycles. The van der Waals surface area contributed by atoms with E-state index < -0.39 is 0 Å². The average Bonchev–Trinajstić information content (AvgIpc) is 3.61. The third-order valence-corrected chi connectivity index (χ3v) is 8.27. The Bertz CT molecular complexity index is 826. The molecule has 0 spiro atoms. The zero-order valence-electron chi connectivity index (χ0n) is 23.2. The molecule has 0 radical (unpaired) electrons. The Kier molecular flexibility index (Phi) is 16.2. The number of thiol groups is 1. The third kappa shape index (κ3) is 13.8. The van der Waals surface area contributed by atoms with E-state index >= 15 is 0 Å². The standard InChI is InChI=1S/C11H22N2.C9H12OS.C8H13N3OS/c1-2-9-13(8-1)10-5-11-3-6-12-7-4-11;1-6-4-8(10-3)5-7(2)9(6)11;1-13-8(11-10-4-5-12)6-9-7-2-3-7/h11-12H,1-10H2;4-5,11H,1-3H3;4-5,7,9H,2-3,6H2,1H3/b;;10-4+,11-8-. The van der Waals surface area contributed by atoms with Gasteiger partial charge in [0.15, 0.2) is 6.29 Å². The largest absolute Gasteiger partial charge is 0.497 e. The number of hydrogen-bond donors (Lipinski definition) is 3. The van der Waals surface area contributed by atoms with Crippen LogP contribution in [0.4, 0.5) is 0 Å². The molecule has 37 heavy (non-hydrogen) atoms. The molecule has 3 aliphatic rings. The van der Waals surface area contributed by atoms with Crippen LogP contribution in [0.3, 0.4) is 0 Å². The lowest BCUT2D eigenvalue weighted by molar-refractivity contribution is -0.102. The van der Waals surface area contributed by atoms with Crippen molar-refractivity contribution in [3.8, 4) is 5.75 Å². The molecular weight excluding hydrogens is 502 g/mol. The molecule has 7 nitrogen and oxygen atoms in total. The van der Waals surface area contributed by atoms with Crippen LogP contribution in [0.1, 0.15) is 56.1 Å². The van der Waals surface area contributed by atoms with Gasteiger partial charge in [0.25, 0.3) is 0 Å². The van der Waals surface area contributed by atoms with Crippen molar-refractivity contribution in [2.45, 2.75) is 69.7 Å². The van der Waals surface area contributed by atoms with Crippen LogP contribution < -0.4 is 15.4 Å². The quantitative estimate of drug-likeness (QED) is 0.136. The smallest absolute Gasteiger partial charge is 0.162 e. The molecule has 0 atom stereocenters. The fourth-order valence-corrected chi connectivity index (χ4v) is 4.85. The molecule has 2 N–H and O–H groups in total. The Labute approximate surface area is 234 Å². The summed E-state index contributed by atoms with van der Waals surface area (Å²) < 4.78 is 5.10. The van der Waals surface area contributed by atoms with E-state index in [1.807, 2.05) is 32.2 Å². The van der Waals surface area contributed by atoms with Crippen LogP contribution in [-0.2, 0) is 4.79 Å². The normalized spacial score (nSPS) is 18.7. The number of benzene rings is 1. The second-order valence-corrected chi connectivity index (χ2v) is 11.2. The highest BCUT2D eigenvalue weighted by Crippen LogP contribution is 2.24. The molecule has 4 rings (SSSR count). The molecular formula is C28H47N5O2S2. The van der Waals surface area contributed by atoms with Crippen molar-refractivity contribution in [1.82, 2.24) is 15.5 Å². The molecule has 9 heteroatoms. The molecule has 2 heterocycles. The fraction of sp³-hybridized carbons (Fsp3) is 0.679. The first-order valence-corrected chi connectivity index (χ1v) is 15.2. The van der Waals surface area contributed by atoms with Gasteiger partial charge in [0, 0.05) is 17.5 Å². The van der Waals surface area contributed by atoms with E-state index in [-0.39, 0.29) is 0 Å². The van der Waals surface area contributed by atoms with E-state index in [2.05, 4.69) is 38.4 Å². The maximum atomic E-state index is 9.91. The van der Waals surface area contributed by atoms with E-state index in [9.17, 15) is 4.79 Å². The zero-order valence-corrected chi connectivity index (χ0v) is 24.9. The Balaban J connectivity index is 0.000000196. The number of carbonyl (C=O) groups is 1. The first-order valence-electron chi connectivity index (χ1n) is 13.5. The summed E-state index contributed by atoms with van der Waals surface area (Å²) in [6.07, 6.45) is 13.4. The minimum atomic E-state index is 0.621. The summed E-state index contributed by atoms with van der Waals surface area (Å²) in [6.45, 7) is 11.4. The first-order chi connectivity index (χ1) is 18.0. The number of aryl methyl sites for hydroxylation is 2. The number of aldehydes is 1. The highest BCUT2D eigenvalue weighted by atomic mass is 32.2. The molecule has 1 aromatic rings. The summed E-state index contributed by atoms with van der Waals surface area (Å²) in [5.74, 6) is 1.92. The van der Waals surface area contributed by atoms with Crippen molar-refractivity contribution < 1.29 is 9.53 Å². The number of hydrogen-bond acceptors (Lipinski definition) is 9. The van der Waals surface area contributed by atoms with Crippen molar-refractivity contribution in [2.75, 3.05) is 52.6 Å². The highest BCUT2D eigenvalue weighted by Gasteiger charge is 2.20. The fourth-order valence-electron chi connectivity index (χ4n) is 4.37. The lowest BCUT2D eigenvalue weighted by atomic mass is 9.94. The van der Waals surface area contributed by atoms with E-state index in [4.69, 9.17) is 4.74 Å². The Hall–Kier alpha value is -1.39. The number of likely N-dealkylation sites (tertiary alicyclic amines) is 1. The van der Waals surface area contributed by atoms with Gasteiger partial charge in [-0.15, -0.1) is 29.5 Å². The number of thioether (sulfide) groups is 1. The summed E-state index contributed by atoms with van der Waals surface area (Å²) in [7, 11) is 1.67. The van der Waals surface area contributed by atoms with Crippen LogP contribution in [0.2, 0.25) is 0 Å². The third-order valence-electron chi connectivity index (χ3n) is 6.86. The molecule has 208 valence electrons. The van der Waals surface area contributed by atoms with Crippen LogP contribution in [0.5, 0.6) is 5.75 Å². The second kappa shape index (κ2) is 18.8. The van der Waals surface area contributed by atoms with Gasteiger partial charge in [-0.3, -0.25) is 4.79 Å². The van der Waals surface area contributed by atoms with Crippen molar-refractivity contribution in [1.29, 1.82) is 0 Å². The molecule has 2 saturated heterocycles. The Morgan fingerprint density at radius 3 is 2.38 bits per heavy atom. The number of carbonyl (C=O) groups excluding carboxylic acids is 1. The number of rotatable bonds is 9. The SMILES string of the molecule is C1CCN(CCC2CCNCC2)C1.COc1cc(C)c(S)c(C)c1.CS/C(CNC1CC1)=N\N=C\C=O. The molecule has 0 unspecified atom stereocenters. The van der Waals surface area contributed by atoms with Crippen LogP contribution >= 0.6 is 24.4 Å². The predicted octanol–water partition coefficient (Wildman–Crippen LogP) is 4.76. The minimum Gasteiger partial charge on any atom is -0.497 e. The van der Waals surface area contributed by atoms with Crippen molar-refractivity contribution in [3.05, 3.63) is 23.3 Å². The lowest BCUT2D eigenvalue weighted by Crippen LogP contribution is -2.30. The number of nitrogens with one attached hydrogen (secondary N) is 2. The summed E-state index contributed by atoms with van der Waals surface area (Å²) in [5, 5.41) is 15.1. The summed E-state index contributed by atoms with van der Waals surface area (Å²) in [4.78, 5) is 13.6. The zero-order chi connectivity index (χ0) is 26.9. The molecule has 0 bridgehead atoms. The minimum absolute atomic E-state index is 0.621. The molecule has 0 amide bonds. The topological polar surface area (TPSA) is 78.3 Å². The number of piperidine rings is 1. The van der Waals surface area contributed by atoms with E-state index in [0.29, 0.717) is 12.3 Å². The number of ether oxygens (including phenoxy) is 1. The van der Waals surface area contributed by atoms with E-state index in [0.717, 1.165) is 45.5 Å². The van der Waals surface area contributed by atoms with E-state index in [1.54, 1.807) is 18.9 Å². The van der Waals surface area contributed by atoms with Gasteiger partial charge in [0.2, 0.25) is 0 Å². The second-order valence-electron chi connectivity index (χ2n) is 9.89. The van der Waals surface area contributed by atoms with Crippen molar-refractivity contribution in [2.24, 2.45) is 16.1 Å². The van der Waals surface area contributed by atoms with Crippen LogP contribution in [-0.4, -0.2) is 81.1 Å². The van der Waals surface area contributed by atoms with Crippen LogP contribution in [0.15, 0.2) is 27.2 Å². The number of nitrogens with zero attached hydrogens (tertiary/aromatic N) is 3.